The Morgan fingerprint density at radius 1 is 1.36 bits per heavy atom. The summed E-state index contributed by atoms with van der Waals surface area (Å²) < 4.78 is 25.9. The van der Waals surface area contributed by atoms with Gasteiger partial charge in [-0.25, -0.2) is 8.78 Å². The van der Waals surface area contributed by atoms with Crippen LogP contribution in [0.1, 0.15) is 12.0 Å². The number of phenols is 1. The number of aliphatic hydroxyl groups excluding tert-OH is 1. The highest BCUT2D eigenvalue weighted by Gasteiger charge is 2.16. The van der Waals surface area contributed by atoms with E-state index in [0.29, 0.717) is 6.07 Å². The van der Waals surface area contributed by atoms with E-state index >= 15 is 0 Å². The molecule has 5 heteroatoms. The van der Waals surface area contributed by atoms with Gasteiger partial charge in [-0.15, -0.1) is 0 Å². The van der Waals surface area contributed by atoms with Crippen molar-refractivity contribution >= 4 is 11.6 Å². The highest BCUT2D eigenvalue weighted by Crippen LogP contribution is 2.31. The zero-order valence-electron chi connectivity index (χ0n) is 7.23. The molecule has 0 spiro atoms. The highest BCUT2D eigenvalue weighted by atomic mass is 35.5. The van der Waals surface area contributed by atoms with Gasteiger partial charge in [0.2, 0.25) is 0 Å². The zero-order chi connectivity index (χ0) is 10.7. The number of halogens is 3. The normalized spacial score (nSPS) is 10.6. The maximum absolute atomic E-state index is 13.1. The number of rotatable bonds is 3. The molecule has 78 valence electrons. The summed E-state index contributed by atoms with van der Waals surface area (Å²) >= 11 is 5.45. The third-order valence-electron chi connectivity index (χ3n) is 1.83. The van der Waals surface area contributed by atoms with E-state index in [-0.39, 0.29) is 30.0 Å². The summed E-state index contributed by atoms with van der Waals surface area (Å²) in [6.07, 6.45) is 0.288. The summed E-state index contributed by atoms with van der Waals surface area (Å²) in [7, 11) is 0. The van der Waals surface area contributed by atoms with Crippen molar-refractivity contribution in [3.05, 3.63) is 28.3 Å². The minimum atomic E-state index is -1.11. The van der Waals surface area contributed by atoms with Gasteiger partial charge in [-0.2, -0.15) is 0 Å². The van der Waals surface area contributed by atoms with Crippen LogP contribution in [-0.4, -0.2) is 16.8 Å². The molecule has 0 radical (unpaired) electrons. The fourth-order valence-electron chi connectivity index (χ4n) is 1.12. The first kappa shape index (κ1) is 11.2. The van der Waals surface area contributed by atoms with Crippen LogP contribution in [-0.2, 0) is 6.42 Å². The number of benzene rings is 1. The van der Waals surface area contributed by atoms with Crippen molar-refractivity contribution < 1.29 is 19.0 Å². The second-order valence-electron chi connectivity index (χ2n) is 2.81. The average Bonchev–Trinajstić information content (AvgIpc) is 2.15. The van der Waals surface area contributed by atoms with Crippen LogP contribution in [0, 0.1) is 11.6 Å². The molecule has 0 saturated heterocycles. The number of hydrogen-bond donors (Lipinski definition) is 2. The van der Waals surface area contributed by atoms with Crippen LogP contribution in [0.15, 0.2) is 6.07 Å². The highest BCUT2D eigenvalue weighted by molar-refractivity contribution is 6.32. The number of aliphatic hydroxyl groups is 1. The SMILES string of the molecule is OCCCc1c(O)c(Cl)cc(F)c1F. The molecule has 0 aromatic heterocycles. The van der Waals surface area contributed by atoms with Crippen molar-refractivity contribution in [3.8, 4) is 5.75 Å². The monoisotopic (exact) mass is 222 g/mol. The van der Waals surface area contributed by atoms with E-state index in [0.717, 1.165) is 0 Å². The summed E-state index contributed by atoms with van der Waals surface area (Å²) in [4.78, 5) is 0. The third kappa shape index (κ3) is 2.13. The summed E-state index contributed by atoms with van der Waals surface area (Å²) in [5, 5.41) is 17.6. The maximum Gasteiger partial charge on any atom is 0.165 e. The van der Waals surface area contributed by atoms with Gasteiger partial charge in [0.25, 0.3) is 0 Å². The van der Waals surface area contributed by atoms with Gasteiger partial charge in [-0.05, 0) is 18.9 Å². The van der Waals surface area contributed by atoms with Gasteiger partial charge >= 0.3 is 0 Å². The number of aromatic hydroxyl groups is 1. The lowest BCUT2D eigenvalue weighted by atomic mass is 10.1. The standard InChI is InChI=1S/C9H9ClF2O2/c10-6-4-7(11)8(12)5(9(6)14)2-1-3-13/h4,13-14H,1-3H2. The molecule has 0 saturated carbocycles. The predicted molar refractivity (Wildman–Crippen MR) is 48.4 cm³/mol. The van der Waals surface area contributed by atoms with E-state index in [9.17, 15) is 13.9 Å². The molecule has 0 aliphatic carbocycles. The van der Waals surface area contributed by atoms with Crippen LogP contribution >= 0.6 is 11.6 Å². The van der Waals surface area contributed by atoms with Gasteiger partial charge in [0, 0.05) is 12.2 Å². The van der Waals surface area contributed by atoms with Crippen LogP contribution in [0.2, 0.25) is 5.02 Å². The van der Waals surface area contributed by atoms with Crippen LogP contribution in [0.4, 0.5) is 8.78 Å². The summed E-state index contributed by atoms with van der Waals surface area (Å²) in [5.74, 6) is -2.67. The van der Waals surface area contributed by atoms with Crippen LogP contribution < -0.4 is 0 Å². The Balaban J connectivity index is 3.11. The van der Waals surface area contributed by atoms with Crippen molar-refractivity contribution in [2.24, 2.45) is 0 Å². The molecule has 0 aliphatic rings. The molecule has 0 aliphatic heterocycles. The molecule has 1 aromatic rings. The first-order chi connectivity index (χ1) is 6.57. The molecule has 0 atom stereocenters. The van der Waals surface area contributed by atoms with E-state index < -0.39 is 17.4 Å². The molecule has 1 rings (SSSR count). The average molecular weight is 223 g/mol. The molecule has 0 heterocycles. The Bertz CT molecular complexity index is 316. The molecular formula is C9H9ClF2O2. The Morgan fingerprint density at radius 3 is 2.57 bits per heavy atom. The predicted octanol–water partition coefficient (Wildman–Crippen LogP) is 2.25. The molecular weight excluding hydrogens is 214 g/mol. The van der Waals surface area contributed by atoms with Crippen molar-refractivity contribution in [3.63, 3.8) is 0 Å². The second-order valence-corrected chi connectivity index (χ2v) is 3.22. The van der Waals surface area contributed by atoms with Gasteiger partial charge in [0.05, 0.1) is 5.02 Å². The number of phenolic OH excluding ortho intramolecular Hbond substituents is 1. The van der Waals surface area contributed by atoms with Gasteiger partial charge in [0.15, 0.2) is 11.6 Å². The van der Waals surface area contributed by atoms with E-state index in [1.54, 1.807) is 0 Å². The Labute approximate surface area is 84.7 Å². The first-order valence-corrected chi connectivity index (χ1v) is 4.42. The zero-order valence-corrected chi connectivity index (χ0v) is 7.98. The van der Waals surface area contributed by atoms with Crippen LogP contribution in [0.5, 0.6) is 5.75 Å². The second kappa shape index (κ2) is 4.57. The van der Waals surface area contributed by atoms with E-state index in [4.69, 9.17) is 16.7 Å². The summed E-state index contributed by atoms with van der Waals surface area (Å²) in [5.41, 5.74) is -0.191. The number of hydrogen-bond acceptors (Lipinski definition) is 2. The summed E-state index contributed by atoms with van der Waals surface area (Å²) in [6, 6.07) is 0.717. The largest absolute Gasteiger partial charge is 0.506 e. The van der Waals surface area contributed by atoms with Crippen molar-refractivity contribution in [1.29, 1.82) is 0 Å². The van der Waals surface area contributed by atoms with E-state index in [1.165, 1.54) is 0 Å². The Hall–Kier alpha value is -0.870. The van der Waals surface area contributed by atoms with Gasteiger partial charge < -0.3 is 10.2 Å². The Morgan fingerprint density at radius 2 is 2.00 bits per heavy atom. The van der Waals surface area contributed by atoms with Gasteiger partial charge in [-0.3, -0.25) is 0 Å². The minimum absolute atomic E-state index is 0.0473. The van der Waals surface area contributed by atoms with Crippen molar-refractivity contribution in [2.45, 2.75) is 12.8 Å². The molecule has 0 unspecified atom stereocenters. The third-order valence-corrected chi connectivity index (χ3v) is 2.11. The maximum atomic E-state index is 13.1. The molecule has 0 fully saturated rings. The lowest BCUT2D eigenvalue weighted by Gasteiger charge is -2.07. The van der Waals surface area contributed by atoms with Gasteiger partial charge in [-0.1, -0.05) is 11.6 Å². The summed E-state index contributed by atoms with van der Waals surface area (Å²) in [6.45, 7) is -0.160. The molecule has 0 amide bonds. The lowest BCUT2D eigenvalue weighted by molar-refractivity contribution is 0.287. The Kier molecular flexibility index (Phi) is 3.66. The molecule has 2 N–H and O–H groups in total. The molecule has 0 bridgehead atoms. The van der Waals surface area contributed by atoms with Crippen LogP contribution in [0.3, 0.4) is 0 Å². The van der Waals surface area contributed by atoms with E-state index in [2.05, 4.69) is 0 Å². The first-order valence-electron chi connectivity index (χ1n) is 4.04. The van der Waals surface area contributed by atoms with Gasteiger partial charge in [0.1, 0.15) is 5.75 Å². The van der Waals surface area contributed by atoms with Crippen LogP contribution in [0.25, 0.3) is 0 Å². The van der Waals surface area contributed by atoms with Crippen molar-refractivity contribution in [2.75, 3.05) is 6.61 Å². The smallest absolute Gasteiger partial charge is 0.165 e. The molecule has 1 aromatic carbocycles. The van der Waals surface area contributed by atoms with Crippen molar-refractivity contribution in [1.82, 2.24) is 0 Å². The minimum Gasteiger partial charge on any atom is -0.506 e. The topological polar surface area (TPSA) is 40.5 Å². The molecule has 2 nitrogen and oxygen atoms in total. The molecule has 14 heavy (non-hydrogen) atoms. The fraction of sp³-hybridized carbons (Fsp3) is 0.333. The lowest BCUT2D eigenvalue weighted by Crippen LogP contribution is -1.98. The fourth-order valence-corrected chi connectivity index (χ4v) is 1.33. The van der Waals surface area contributed by atoms with E-state index in [1.807, 2.05) is 0 Å². The quantitative estimate of drug-likeness (QED) is 0.770.